The topological polar surface area (TPSA) is 84.9 Å². The number of ether oxygens (including phenoxy) is 2. The molecule has 0 radical (unpaired) electrons. The predicted octanol–water partition coefficient (Wildman–Crippen LogP) is 8.61. The third-order valence-corrected chi connectivity index (χ3v) is 6.62. The number of carbonyl (C=O) groups is 2. The number of halogens is 4. The highest BCUT2D eigenvalue weighted by atomic mass is 35.5. The first-order valence-corrected chi connectivity index (χ1v) is 13.9. The van der Waals surface area contributed by atoms with Crippen molar-refractivity contribution >= 4 is 29.0 Å². The molecule has 0 aliphatic heterocycles. The second kappa shape index (κ2) is 16.1. The lowest BCUT2D eigenvalue weighted by atomic mass is 9.96. The lowest BCUT2D eigenvalue weighted by Gasteiger charge is -2.19. The van der Waals surface area contributed by atoms with Crippen LogP contribution in [0.5, 0.6) is 11.5 Å². The van der Waals surface area contributed by atoms with Crippen LogP contribution < -0.4 is 14.8 Å². The van der Waals surface area contributed by atoms with E-state index in [0.717, 1.165) is 35.1 Å². The molecular weight excluding hydrogens is 571 g/mol. The van der Waals surface area contributed by atoms with Crippen LogP contribution in [-0.2, 0) is 22.2 Å². The van der Waals surface area contributed by atoms with Gasteiger partial charge in [-0.2, -0.15) is 13.2 Å². The third kappa shape index (κ3) is 10.9. The summed E-state index contributed by atoms with van der Waals surface area (Å²) in [6.07, 6.45) is -2.00. The Morgan fingerprint density at radius 2 is 1.60 bits per heavy atom. The first-order chi connectivity index (χ1) is 19.7. The number of benzene rings is 3. The number of carboxylic acid groups (broad SMARTS) is 1. The first-order valence-electron chi connectivity index (χ1n) is 13.5. The van der Waals surface area contributed by atoms with Gasteiger partial charge >= 0.3 is 12.1 Å². The maximum Gasteiger partial charge on any atom is 0.416 e. The number of ketones is 1. The number of hydrogen-bond acceptors (Lipinski definition) is 5. The molecule has 0 heterocycles. The normalized spacial score (nSPS) is 11.6. The van der Waals surface area contributed by atoms with Gasteiger partial charge in [0.15, 0.2) is 5.78 Å². The molecule has 228 valence electrons. The van der Waals surface area contributed by atoms with Crippen molar-refractivity contribution in [3.63, 3.8) is 0 Å². The van der Waals surface area contributed by atoms with E-state index in [1.165, 1.54) is 26.2 Å². The third-order valence-electron chi connectivity index (χ3n) is 6.36. The largest absolute Gasteiger partial charge is 0.497 e. The Bertz CT molecular complexity index is 1320. The van der Waals surface area contributed by atoms with Gasteiger partial charge in [-0.05, 0) is 80.1 Å². The van der Waals surface area contributed by atoms with Crippen LogP contribution in [0.15, 0.2) is 54.6 Å². The first kappa shape index (κ1) is 34.5. The lowest BCUT2D eigenvalue weighted by molar-refractivity contribution is -0.138. The molecule has 0 bridgehead atoms. The van der Waals surface area contributed by atoms with Crippen LogP contribution in [0, 0.1) is 13.8 Å². The fourth-order valence-corrected chi connectivity index (χ4v) is 4.44. The van der Waals surface area contributed by atoms with E-state index in [1.54, 1.807) is 56.3 Å². The molecule has 0 saturated carbocycles. The molecule has 2 N–H and O–H groups in total. The van der Waals surface area contributed by atoms with E-state index >= 15 is 0 Å². The zero-order valence-electron chi connectivity index (χ0n) is 24.4. The molecule has 0 aromatic heterocycles. The number of hydrogen-bond donors (Lipinski definition) is 2. The molecule has 3 aromatic carbocycles. The fourth-order valence-electron chi connectivity index (χ4n) is 4.31. The summed E-state index contributed by atoms with van der Waals surface area (Å²) in [7, 11) is 1.54. The Kier molecular flexibility index (Phi) is 13.2. The van der Waals surface area contributed by atoms with Gasteiger partial charge in [0.25, 0.3) is 0 Å². The molecular formula is C32H37ClF3NO5. The number of nitrogens with one attached hydrogen (secondary N) is 1. The standard InChI is InChI=1S/C20H22ClNO5.C12H15F3/c1-13(23)20(14-5-7-15(21)8-6-14)22-16-10-17(26-2)12-18(11-16)27-9-3-4-19(24)25;1-4-5-11-8(2)6-10(7-9(11)3)12(13,14)15/h5-8,10-12,20,22H,3-4,9H2,1-2H3,(H,24,25);6-7H,4-5H2,1-3H3. The van der Waals surface area contributed by atoms with E-state index in [0.29, 0.717) is 28.6 Å². The average Bonchev–Trinajstić information content (AvgIpc) is 2.92. The van der Waals surface area contributed by atoms with Crippen LogP contribution in [0.2, 0.25) is 5.02 Å². The molecule has 6 nitrogen and oxygen atoms in total. The summed E-state index contributed by atoms with van der Waals surface area (Å²) in [4.78, 5) is 22.7. The van der Waals surface area contributed by atoms with Crippen molar-refractivity contribution in [3.05, 3.63) is 87.4 Å². The van der Waals surface area contributed by atoms with Gasteiger partial charge in [0, 0.05) is 35.3 Å². The van der Waals surface area contributed by atoms with Crippen molar-refractivity contribution in [1.29, 1.82) is 0 Å². The molecule has 42 heavy (non-hydrogen) atoms. The van der Waals surface area contributed by atoms with Crippen LogP contribution in [0.1, 0.15) is 67.0 Å². The molecule has 0 amide bonds. The number of carboxylic acids is 1. The highest BCUT2D eigenvalue weighted by Gasteiger charge is 2.31. The van der Waals surface area contributed by atoms with Crippen molar-refractivity contribution in [1.82, 2.24) is 0 Å². The number of Topliss-reactive ketones (excluding diaryl/α,β-unsaturated/α-hetero) is 1. The van der Waals surface area contributed by atoms with E-state index in [2.05, 4.69) is 5.32 Å². The van der Waals surface area contributed by atoms with Gasteiger partial charge in [0.2, 0.25) is 0 Å². The van der Waals surface area contributed by atoms with Crippen molar-refractivity contribution in [2.75, 3.05) is 19.0 Å². The number of aryl methyl sites for hydroxylation is 2. The monoisotopic (exact) mass is 607 g/mol. The second-order valence-electron chi connectivity index (χ2n) is 9.82. The van der Waals surface area contributed by atoms with Gasteiger partial charge in [-0.3, -0.25) is 9.59 Å². The fraction of sp³-hybridized carbons (Fsp3) is 0.375. The molecule has 0 aliphatic carbocycles. The summed E-state index contributed by atoms with van der Waals surface area (Å²) in [6.45, 7) is 7.29. The summed E-state index contributed by atoms with van der Waals surface area (Å²) >= 11 is 5.92. The van der Waals surface area contributed by atoms with Crippen LogP contribution in [0.4, 0.5) is 18.9 Å². The van der Waals surface area contributed by atoms with Crippen molar-refractivity contribution in [2.24, 2.45) is 0 Å². The van der Waals surface area contributed by atoms with E-state index < -0.39 is 23.8 Å². The van der Waals surface area contributed by atoms with Crippen LogP contribution in [0.3, 0.4) is 0 Å². The Labute approximate surface area is 249 Å². The summed E-state index contributed by atoms with van der Waals surface area (Å²) in [5, 5.41) is 12.5. The molecule has 0 fully saturated rings. The van der Waals surface area contributed by atoms with Gasteiger partial charge in [0.05, 0.1) is 19.3 Å². The average molecular weight is 608 g/mol. The maximum atomic E-state index is 12.5. The van der Waals surface area contributed by atoms with Crippen LogP contribution in [0.25, 0.3) is 0 Å². The number of methoxy groups -OCH3 is 1. The molecule has 3 aromatic rings. The predicted molar refractivity (Wildman–Crippen MR) is 159 cm³/mol. The second-order valence-corrected chi connectivity index (χ2v) is 10.3. The molecule has 10 heteroatoms. The van der Waals surface area contributed by atoms with Gasteiger partial charge in [-0.1, -0.05) is 37.1 Å². The number of rotatable bonds is 12. The number of alkyl halides is 3. The Morgan fingerprint density at radius 1 is 1.00 bits per heavy atom. The summed E-state index contributed by atoms with van der Waals surface area (Å²) < 4.78 is 48.3. The molecule has 1 atom stereocenters. The van der Waals surface area contributed by atoms with Crippen LogP contribution >= 0.6 is 11.6 Å². The number of aliphatic carboxylic acids is 1. The molecule has 0 aliphatic rings. The van der Waals surface area contributed by atoms with Crippen molar-refractivity contribution < 1.29 is 37.3 Å². The number of carbonyl (C=O) groups excluding carboxylic acids is 1. The van der Waals surface area contributed by atoms with E-state index in [4.69, 9.17) is 26.2 Å². The van der Waals surface area contributed by atoms with Gasteiger partial charge in [-0.25, -0.2) is 0 Å². The Hall–Kier alpha value is -3.72. The number of anilines is 1. The molecule has 3 rings (SSSR count). The minimum Gasteiger partial charge on any atom is -0.497 e. The quantitative estimate of drug-likeness (QED) is 0.201. The van der Waals surface area contributed by atoms with Gasteiger partial charge in [-0.15, -0.1) is 0 Å². The SMILES string of the molecule is CCCc1c(C)cc(C(F)(F)F)cc1C.COc1cc(NC(C(C)=O)c2ccc(Cl)cc2)cc(OCCCC(=O)O)c1. The summed E-state index contributed by atoms with van der Waals surface area (Å²) in [6, 6.07) is 14.2. The highest BCUT2D eigenvalue weighted by Crippen LogP contribution is 2.32. The van der Waals surface area contributed by atoms with E-state index in [-0.39, 0.29) is 18.8 Å². The van der Waals surface area contributed by atoms with Gasteiger partial charge < -0.3 is 19.9 Å². The minimum absolute atomic E-state index is 0.0397. The van der Waals surface area contributed by atoms with Gasteiger partial charge in [0.1, 0.15) is 17.5 Å². The minimum atomic E-state index is -4.24. The van der Waals surface area contributed by atoms with E-state index in [1.807, 2.05) is 6.92 Å². The highest BCUT2D eigenvalue weighted by molar-refractivity contribution is 6.30. The van der Waals surface area contributed by atoms with Crippen molar-refractivity contribution in [2.45, 2.75) is 65.6 Å². The lowest BCUT2D eigenvalue weighted by Crippen LogP contribution is -2.18. The van der Waals surface area contributed by atoms with Crippen LogP contribution in [-0.4, -0.2) is 30.6 Å². The van der Waals surface area contributed by atoms with Crippen molar-refractivity contribution in [3.8, 4) is 11.5 Å². The molecule has 1 unspecified atom stereocenters. The summed E-state index contributed by atoms with van der Waals surface area (Å²) in [5.41, 5.74) is 3.42. The molecule has 0 saturated heterocycles. The smallest absolute Gasteiger partial charge is 0.416 e. The Balaban J connectivity index is 0.000000347. The maximum absolute atomic E-state index is 12.5. The summed E-state index contributed by atoms with van der Waals surface area (Å²) in [5.74, 6) is 0.176. The zero-order chi connectivity index (χ0) is 31.4. The van der Waals surface area contributed by atoms with E-state index in [9.17, 15) is 22.8 Å². The Morgan fingerprint density at radius 3 is 2.10 bits per heavy atom. The zero-order valence-corrected chi connectivity index (χ0v) is 25.2. The molecule has 0 spiro atoms.